The van der Waals surface area contributed by atoms with Crippen LogP contribution in [0.4, 0.5) is 0 Å². The topological polar surface area (TPSA) is 45.0 Å². The first-order chi connectivity index (χ1) is 10.8. The van der Waals surface area contributed by atoms with Gasteiger partial charge in [-0.05, 0) is 55.3 Å². The maximum absolute atomic E-state index is 8.83. The van der Waals surface area contributed by atoms with Crippen LogP contribution in [0.2, 0.25) is 5.02 Å². The largest absolute Gasteiger partial charge is 0.487 e. The Bertz CT molecular complexity index is 708. The summed E-state index contributed by atoms with van der Waals surface area (Å²) in [5.41, 5.74) is 4.20. The van der Waals surface area contributed by atoms with Crippen molar-refractivity contribution in [3.63, 3.8) is 0 Å². The Labute approximate surface area is 147 Å². The second-order valence-corrected chi connectivity index (χ2v) is 5.77. The van der Waals surface area contributed by atoms with Gasteiger partial charge in [0.15, 0.2) is 0 Å². The van der Waals surface area contributed by atoms with Gasteiger partial charge < -0.3 is 10.1 Å². The van der Waals surface area contributed by atoms with Crippen LogP contribution in [-0.2, 0) is 19.4 Å². The molecule has 3 nitrogen and oxygen atoms in total. The molecule has 0 aromatic heterocycles. The van der Waals surface area contributed by atoms with Crippen LogP contribution in [0, 0.1) is 11.3 Å². The Balaban J connectivity index is 0.00000192. The lowest BCUT2D eigenvalue weighted by Crippen LogP contribution is -2.16. The van der Waals surface area contributed by atoms with Gasteiger partial charge in [-0.2, -0.15) is 5.26 Å². The van der Waals surface area contributed by atoms with Crippen LogP contribution in [0.15, 0.2) is 36.4 Å². The summed E-state index contributed by atoms with van der Waals surface area (Å²) in [6.45, 7) is 2.39. The summed E-state index contributed by atoms with van der Waals surface area (Å²) in [6.07, 6.45) is 1.93. The molecule has 1 heterocycles. The molecule has 0 unspecified atom stereocenters. The van der Waals surface area contributed by atoms with Crippen molar-refractivity contribution in [2.24, 2.45) is 0 Å². The van der Waals surface area contributed by atoms with Crippen molar-refractivity contribution in [2.45, 2.75) is 19.4 Å². The monoisotopic (exact) mass is 348 g/mol. The number of nitriles is 1. The SMILES string of the molecule is Cl.N#Cc1ccc(COc2c(Cl)ccc3c2CCNCC3)cc1. The molecule has 3 rings (SSSR count). The van der Waals surface area contributed by atoms with E-state index in [0.29, 0.717) is 17.2 Å². The molecule has 2 aromatic rings. The summed E-state index contributed by atoms with van der Waals surface area (Å²) in [5.74, 6) is 0.798. The van der Waals surface area contributed by atoms with Crippen LogP contribution in [0.3, 0.4) is 0 Å². The minimum atomic E-state index is 0. The molecule has 0 amide bonds. The summed E-state index contributed by atoms with van der Waals surface area (Å²) in [7, 11) is 0. The molecule has 0 saturated carbocycles. The fourth-order valence-corrected chi connectivity index (χ4v) is 2.93. The van der Waals surface area contributed by atoms with Crippen LogP contribution in [-0.4, -0.2) is 13.1 Å². The van der Waals surface area contributed by atoms with Gasteiger partial charge in [0, 0.05) is 5.56 Å². The summed E-state index contributed by atoms with van der Waals surface area (Å²) in [5, 5.41) is 12.9. The third-order valence-corrected chi connectivity index (χ3v) is 4.20. The second-order valence-electron chi connectivity index (χ2n) is 5.36. The number of fused-ring (bicyclic) bond motifs is 1. The number of halogens is 2. The Morgan fingerprint density at radius 1 is 1.09 bits per heavy atom. The molecular weight excluding hydrogens is 331 g/mol. The molecule has 23 heavy (non-hydrogen) atoms. The average molecular weight is 349 g/mol. The first kappa shape index (κ1) is 17.6. The van der Waals surface area contributed by atoms with E-state index in [0.717, 1.165) is 37.2 Å². The zero-order chi connectivity index (χ0) is 15.4. The maximum Gasteiger partial charge on any atom is 0.141 e. The Morgan fingerprint density at radius 3 is 2.57 bits per heavy atom. The Hall–Kier alpha value is -1.73. The van der Waals surface area contributed by atoms with E-state index in [2.05, 4.69) is 17.5 Å². The molecule has 0 saturated heterocycles. The predicted molar refractivity (Wildman–Crippen MR) is 94.5 cm³/mol. The third-order valence-electron chi connectivity index (χ3n) is 3.90. The molecule has 2 aromatic carbocycles. The van der Waals surface area contributed by atoms with Crippen molar-refractivity contribution in [2.75, 3.05) is 13.1 Å². The molecule has 1 aliphatic rings. The van der Waals surface area contributed by atoms with Gasteiger partial charge in [-0.15, -0.1) is 12.4 Å². The van der Waals surface area contributed by atoms with Gasteiger partial charge in [-0.3, -0.25) is 0 Å². The minimum absolute atomic E-state index is 0. The molecular formula is C18H18Cl2N2O. The lowest BCUT2D eigenvalue weighted by Gasteiger charge is -2.15. The third kappa shape index (κ3) is 4.17. The zero-order valence-corrected chi connectivity index (χ0v) is 14.2. The van der Waals surface area contributed by atoms with E-state index in [-0.39, 0.29) is 12.4 Å². The van der Waals surface area contributed by atoms with Crippen LogP contribution >= 0.6 is 24.0 Å². The Kier molecular flexibility index (Phi) is 6.29. The van der Waals surface area contributed by atoms with Crippen LogP contribution < -0.4 is 10.1 Å². The Morgan fingerprint density at radius 2 is 1.83 bits per heavy atom. The van der Waals surface area contributed by atoms with Gasteiger partial charge >= 0.3 is 0 Å². The highest BCUT2D eigenvalue weighted by molar-refractivity contribution is 6.32. The van der Waals surface area contributed by atoms with Crippen molar-refractivity contribution in [1.82, 2.24) is 5.32 Å². The number of rotatable bonds is 3. The second kappa shape index (κ2) is 8.21. The number of ether oxygens (including phenoxy) is 1. The molecule has 0 aliphatic carbocycles. The fraction of sp³-hybridized carbons (Fsp3) is 0.278. The molecule has 0 radical (unpaired) electrons. The van der Waals surface area contributed by atoms with Gasteiger partial charge in [-0.1, -0.05) is 29.8 Å². The standard InChI is InChI=1S/C18H17ClN2O.ClH/c19-17-6-5-15-7-9-21-10-8-16(15)18(17)22-12-14-3-1-13(11-20)2-4-14;/h1-6,21H,7-10,12H2;1H. The zero-order valence-electron chi connectivity index (χ0n) is 12.6. The highest BCUT2D eigenvalue weighted by Gasteiger charge is 2.16. The molecule has 0 fully saturated rings. The summed E-state index contributed by atoms with van der Waals surface area (Å²) >= 11 is 6.34. The van der Waals surface area contributed by atoms with Crippen molar-refractivity contribution in [3.8, 4) is 11.8 Å². The molecule has 0 bridgehead atoms. The summed E-state index contributed by atoms with van der Waals surface area (Å²) in [4.78, 5) is 0. The molecule has 1 N–H and O–H groups in total. The van der Waals surface area contributed by atoms with Crippen molar-refractivity contribution in [1.29, 1.82) is 5.26 Å². The highest BCUT2D eigenvalue weighted by atomic mass is 35.5. The van der Waals surface area contributed by atoms with Gasteiger partial charge in [0.1, 0.15) is 12.4 Å². The van der Waals surface area contributed by atoms with E-state index >= 15 is 0 Å². The van der Waals surface area contributed by atoms with E-state index in [1.807, 2.05) is 18.2 Å². The average Bonchev–Trinajstić information content (AvgIpc) is 2.80. The number of benzene rings is 2. The lowest BCUT2D eigenvalue weighted by atomic mass is 10.0. The van der Waals surface area contributed by atoms with Crippen molar-refractivity contribution in [3.05, 3.63) is 63.7 Å². The smallest absolute Gasteiger partial charge is 0.141 e. The summed E-state index contributed by atoms with van der Waals surface area (Å²) < 4.78 is 6.01. The summed E-state index contributed by atoms with van der Waals surface area (Å²) in [6, 6.07) is 13.6. The van der Waals surface area contributed by atoms with Crippen LogP contribution in [0.25, 0.3) is 0 Å². The normalized spacial score (nSPS) is 13.2. The molecule has 120 valence electrons. The van der Waals surface area contributed by atoms with Gasteiger partial charge in [0.25, 0.3) is 0 Å². The fourth-order valence-electron chi connectivity index (χ4n) is 2.70. The quantitative estimate of drug-likeness (QED) is 0.914. The lowest BCUT2D eigenvalue weighted by molar-refractivity contribution is 0.303. The number of hydrogen-bond acceptors (Lipinski definition) is 3. The van der Waals surface area contributed by atoms with Gasteiger partial charge in [0.2, 0.25) is 0 Å². The van der Waals surface area contributed by atoms with Gasteiger partial charge in [0.05, 0.1) is 16.7 Å². The van der Waals surface area contributed by atoms with E-state index in [9.17, 15) is 0 Å². The van der Waals surface area contributed by atoms with Gasteiger partial charge in [-0.25, -0.2) is 0 Å². The van der Waals surface area contributed by atoms with E-state index in [1.165, 1.54) is 11.1 Å². The van der Waals surface area contributed by atoms with E-state index in [1.54, 1.807) is 12.1 Å². The van der Waals surface area contributed by atoms with Crippen LogP contribution in [0.1, 0.15) is 22.3 Å². The number of hydrogen-bond donors (Lipinski definition) is 1. The van der Waals surface area contributed by atoms with E-state index in [4.69, 9.17) is 21.6 Å². The van der Waals surface area contributed by atoms with Crippen molar-refractivity contribution < 1.29 is 4.74 Å². The predicted octanol–water partition coefficient (Wildman–Crippen LogP) is 3.90. The molecule has 1 aliphatic heterocycles. The molecule has 5 heteroatoms. The van der Waals surface area contributed by atoms with Crippen LogP contribution in [0.5, 0.6) is 5.75 Å². The number of nitrogens with one attached hydrogen (secondary N) is 1. The highest BCUT2D eigenvalue weighted by Crippen LogP contribution is 2.33. The first-order valence-electron chi connectivity index (χ1n) is 7.41. The minimum Gasteiger partial charge on any atom is -0.487 e. The first-order valence-corrected chi connectivity index (χ1v) is 7.78. The molecule has 0 spiro atoms. The van der Waals surface area contributed by atoms with Crippen molar-refractivity contribution >= 4 is 24.0 Å². The van der Waals surface area contributed by atoms with E-state index < -0.39 is 0 Å². The number of nitrogens with zero attached hydrogens (tertiary/aromatic N) is 1. The maximum atomic E-state index is 8.83. The molecule has 0 atom stereocenters.